The quantitative estimate of drug-likeness (QED) is 0.321. The Bertz CT molecular complexity index is 956. The van der Waals surface area contributed by atoms with E-state index in [2.05, 4.69) is 43.0 Å². The second-order valence-corrected chi connectivity index (χ2v) is 8.20. The summed E-state index contributed by atoms with van der Waals surface area (Å²) in [6.45, 7) is 5.00. The number of nitrogens with zero attached hydrogens (tertiary/aromatic N) is 3. The molecule has 5 N–H and O–H groups in total. The average Bonchev–Trinajstić information content (AvgIpc) is 2.77. The molecule has 8 heteroatoms. The number of aromatic nitrogens is 2. The summed E-state index contributed by atoms with van der Waals surface area (Å²) in [5.74, 6) is 7.45. The molecule has 2 aromatic rings. The Balaban J connectivity index is 1.74. The molecule has 0 atom stereocenters. The fourth-order valence-electron chi connectivity index (χ4n) is 3.42. The van der Waals surface area contributed by atoms with Gasteiger partial charge in [0.2, 0.25) is 0 Å². The van der Waals surface area contributed by atoms with Crippen LogP contribution in [0.15, 0.2) is 24.5 Å². The molecule has 0 amide bonds. The molecule has 0 spiro atoms. The predicted octanol–water partition coefficient (Wildman–Crippen LogP) is 3.23. The Labute approximate surface area is 182 Å². The topological polar surface area (TPSA) is 103 Å². The van der Waals surface area contributed by atoms with Gasteiger partial charge >= 0.3 is 0 Å². The number of rotatable bonds is 6. The molecule has 1 saturated heterocycles. The van der Waals surface area contributed by atoms with Gasteiger partial charge in [0.1, 0.15) is 23.7 Å². The number of hydrogen-bond acceptors (Lipinski definition) is 8. The number of nitrogens with two attached hydrogens (primary N) is 1. The summed E-state index contributed by atoms with van der Waals surface area (Å²) in [6.07, 6.45) is 5.83. The van der Waals surface area contributed by atoms with Crippen LogP contribution in [0.5, 0.6) is 0 Å². The van der Waals surface area contributed by atoms with Crippen molar-refractivity contribution in [1.82, 2.24) is 14.3 Å². The Kier molecular flexibility index (Phi) is 7.55. The van der Waals surface area contributed by atoms with E-state index < -0.39 is 0 Å². The van der Waals surface area contributed by atoms with Gasteiger partial charge in [-0.2, -0.15) is 0 Å². The van der Waals surface area contributed by atoms with Gasteiger partial charge < -0.3 is 16.4 Å². The normalized spacial score (nSPS) is 14.6. The van der Waals surface area contributed by atoms with Crippen LogP contribution in [0.4, 0.5) is 17.3 Å². The van der Waals surface area contributed by atoms with Crippen LogP contribution in [0.2, 0.25) is 0 Å². The van der Waals surface area contributed by atoms with Crippen LogP contribution in [0.3, 0.4) is 0 Å². The van der Waals surface area contributed by atoms with Gasteiger partial charge in [-0.15, -0.1) is 0 Å². The zero-order chi connectivity index (χ0) is 21.5. The molecule has 2 heterocycles. The second-order valence-electron chi connectivity index (χ2n) is 7.32. The Hall–Kier alpha value is -2.76. The van der Waals surface area contributed by atoms with Crippen molar-refractivity contribution in [2.24, 2.45) is 5.92 Å². The summed E-state index contributed by atoms with van der Waals surface area (Å²) in [5.41, 5.74) is 9.58. The van der Waals surface area contributed by atoms with Gasteiger partial charge in [0.15, 0.2) is 0 Å². The highest BCUT2D eigenvalue weighted by Crippen LogP contribution is 2.23. The summed E-state index contributed by atoms with van der Waals surface area (Å²) in [4.78, 5) is 8.42. The highest BCUT2D eigenvalue weighted by molar-refractivity contribution is 7.96. The molecule has 0 saturated carbocycles. The van der Waals surface area contributed by atoms with Gasteiger partial charge in [-0.25, -0.2) is 9.97 Å². The van der Waals surface area contributed by atoms with Crippen molar-refractivity contribution in [3.8, 4) is 11.8 Å². The van der Waals surface area contributed by atoms with E-state index in [9.17, 15) is 0 Å². The summed E-state index contributed by atoms with van der Waals surface area (Å²) in [7, 11) is 1.87. The van der Waals surface area contributed by atoms with Crippen LogP contribution < -0.4 is 16.4 Å². The molecule has 30 heavy (non-hydrogen) atoms. The number of aryl methyl sites for hydroxylation is 1. The zero-order valence-electron chi connectivity index (χ0n) is 17.7. The number of nitrogen functional groups attached to an aromatic ring is 1. The number of nitrogens with one attached hydrogen (secondary N) is 3. The third-order valence-electron chi connectivity index (χ3n) is 5.36. The standard InChI is InChI=1S/C22H29N7S/c1-15-4-6-18(25-2)12-17(15)5-7-19(23)20-21(24)27-14-28-22(20)26-13-16-8-10-29(30-3)11-9-16/h4,6,12,14,16,23,25H,8-11,13H2,1-3H3,(H3,24,26,27,28). The van der Waals surface area contributed by atoms with Crippen molar-refractivity contribution in [3.63, 3.8) is 0 Å². The van der Waals surface area contributed by atoms with E-state index in [0.29, 0.717) is 17.3 Å². The Morgan fingerprint density at radius 2 is 2.10 bits per heavy atom. The monoisotopic (exact) mass is 423 g/mol. The zero-order valence-corrected chi connectivity index (χ0v) is 18.6. The van der Waals surface area contributed by atoms with Gasteiger partial charge in [-0.3, -0.25) is 9.71 Å². The van der Waals surface area contributed by atoms with Gasteiger partial charge in [0.25, 0.3) is 0 Å². The van der Waals surface area contributed by atoms with E-state index in [1.807, 2.05) is 32.2 Å². The highest BCUT2D eigenvalue weighted by Gasteiger charge is 2.20. The van der Waals surface area contributed by atoms with Gasteiger partial charge in [0.05, 0.1) is 5.56 Å². The number of hydrogen-bond donors (Lipinski definition) is 4. The van der Waals surface area contributed by atoms with Gasteiger partial charge in [-0.05, 0) is 55.6 Å². The van der Waals surface area contributed by atoms with E-state index in [1.54, 1.807) is 11.9 Å². The molecule has 1 aliphatic heterocycles. The van der Waals surface area contributed by atoms with Crippen LogP contribution in [0.25, 0.3) is 0 Å². The van der Waals surface area contributed by atoms with Crippen molar-refractivity contribution in [1.29, 1.82) is 5.41 Å². The number of piperidine rings is 1. The Morgan fingerprint density at radius 1 is 1.33 bits per heavy atom. The van der Waals surface area contributed by atoms with Gasteiger partial charge in [-0.1, -0.05) is 23.9 Å². The largest absolute Gasteiger partial charge is 0.388 e. The molecule has 1 aromatic heterocycles. The van der Waals surface area contributed by atoms with Crippen LogP contribution >= 0.6 is 11.9 Å². The van der Waals surface area contributed by atoms with E-state index in [1.165, 1.54) is 6.33 Å². The molecule has 0 radical (unpaired) electrons. The molecule has 3 rings (SSSR count). The molecule has 0 aliphatic carbocycles. The second kappa shape index (κ2) is 10.3. The minimum absolute atomic E-state index is 0.113. The lowest BCUT2D eigenvalue weighted by molar-refractivity contribution is 0.302. The molecule has 1 fully saturated rings. The molecule has 1 aromatic carbocycles. The number of benzene rings is 1. The predicted molar refractivity (Wildman–Crippen MR) is 127 cm³/mol. The molecule has 1 aliphatic rings. The summed E-state index contributed by atoms with van der Waals surface area (Å²) in [6, 6.07) is 5.98. The smallest absolute Gasteiger partial charge is 0.141 e. The van der Waals surface area contributed by atoms with Crippen molar-refractivity contribution < 1.29 is 0 Å². The first-order chi connectivity index (χ1) is 14.5. The Morgan fingerprint density at radius 3 is 2.80 bits per heavy atom. The number of anilines is 3. The lowest BCUT2D eigenvalue weighted by Gasteiger charge is -2.30. The first kappa shape index (κ1) is 21.9. The average molecular weight is 424 g/mol. The van der Waals surface area contributed by atoms with Gasteiger partial charge in [0, 0.05) is 37.9 Å². The maximum atomic E-state index is 8.51. The summed E-state index contributed by atoms with van der Waals surface area (Å²) < 4.78 is 2.39. The van der Waals surface area contributed by atoms with Crippen molar-refractivity contribution in [2.75, 3.05) is 49.3 Å². The highest BCUT2D eigenvalue weighted by atomic mass is 32.2. The van der Waals surface area contributed by atoms with Crippen LogP contribution in [0.1, 0.15) is 29.5 Å². The van der Waals surface area contributed by atoms with E-state index in [-0.39, 0.29) is 11.5 Å². The van der Waals surface area contributed by atoms with Crippen molar-refractivity contribution >= 4 is 35.0 Å². The maximum absolute atomic E-state index is 8.51. The summed E-state index contributed by atoms with van der Waals surface area (Å²) >= 11 is 1.81. The van der Waals surface area contributed by atoms with Crippen LogP contribution in [-0.4, -0.2) is 52.9 Å². The fraction of sp³-hybridized carbons (Fsp3) is 0.409. The first-order valence-electron chi connectivity index (χ1n) is 10.0. The van der Waals surface area contributed by atoms with E-state index in [4.69, 9.17) is 11.1 Å². The molecule has 0 unspecified atom stereocenters. The molecule has 7 nitrogen and oxygen atoms in total. The molecule has 158 valence electrons. The van der Waals surface area contributed by atoms with Crippen molar-refractivity contribution in [3.05, 3.63) is 41.2 Å². The lowest BCUT2D eigenvalue weighted by atomic mass is 9.98. The van der Waals surface area contributed by atoms with Crippen molar-refractivity contribution in [2.45, 2.75) is 19.8 Å². The minimum atomic E-state index is 0.113. The third kappa shape index (κ3) is 5.43. The lowest BCUT2D eigenvalue weighted by Crippen LogP contribution is -2.31. The van der Waals surface area contributed by atoms with Crippen LogP contribution in [-0.2, 0) is 0 Å². The van der Waals surface area contributed by atoms with Crippen LogP contribution in [0, 0.1) is 30.1 Å². The third-order valence-corrected chi connectivity index (χ3v) is 6.25. The molecular formula is C22H29N7S. The molecular weight excluding hydrogens is 394 g/mol. The fourth-order valence-corrected chi connectivity index (χ4v) is 4.00. The SMILES string of the molecule is CNc1ccc(C)c(C#CC(=N)c2c(N)ncnc2NCC2CCN(SC)CC2)c1. The first-order valence-corrected chi connectivity index (χ1v) is 11.2. The maximum Gasteiger partial charge on any atom is 0.141 e. The van der Waals surface area contributed by atoms with E-state index in [0.717, 1.165) is 49.3 Å². The summed E-state index contributed by atoms with van der Waals surface area (Å²) in [5, 5.41) is 15.0. The van der Waals surface area contributed by atoms with E-state index >= 15 is 0 Å². The molecule has 0 bridgehead atoms. The minimum Gasteiger partial charge on any atom is -0.388 e.